The highest BCUT2D eigenvalue weighted by atomic mass is 16.5. The van der Waals surface area contributed by atoms with Gasteiger partial charge in [-0.05, 0) is 123 Å². The molecular formula is C72H90N10O10. The topological polar surface area (TPSA) is 241 Å². The Balaban J connectivity index is 0.000000217. The van der Waals surface area contributed by atoms with Gasteiger partial charge in [0.1, 0.15) is 48.7 Å². The highest BCUT2D eigenvalue weighted by molar-refractivity contribution is 5.95. The number of rotatable bonds is 29. The third-order valence-electron chi connectivity index (χ3n) is 16.8. The van der Waals surface area contributed by atoms with Gasteiger partial charge in [-0.3, -0.25) is 28.5 Å². The lowest BCUT2D eigenvalue weighted by atomic mass is 9.87. The summed E-state index contributed by atoms with van der Waals surface area (Å²) in [7, 11) is 3.28. The fraction of sp³-hybridized carbons (Fsp3) is 0.444. The van der Waals surface area contributed by atoms with Crippen molar-refractivity contribution in [2.45, 2.75) is 169 Å². The number of aromatic nitrogens is 6. The predicted molar refractivity (Wildman–Crippen MR) is 351 cm³/mol. The van der Waals surface area contributed by atoms with Crippen LogP contribution in [0.4, 0.5) is 0 Å². The van der Waals surface area contributed by atoms with E-state index in [0.717, 1.165) is 72.2 Å². The Morgan fingerprint density at radius 3 is 1.50 bits per heavy atom. The number of amides is 4. The second-order valence-corrected chi connectivity index (χ2v) is 25.0. The van der Waals surface area contributed by atoms with Crippen molar-refractivity contribution < 1.29 is 47.0 Å². The monoisotopic (exact) mass is 1250 g/mol. The van der Waals surface area contributed by atoms with Gasteiger partial charge in [0.15, 0.2) is 11.4 Å². The average molecular weight is 1260 g/mol. The van der Waals surface area contributed by atoms with Gasteiger partial charge in [-0.25, -0.2) is 9.97 Å². The van der Waals surface area contributed by atoms with Crippen LogP contribution >= 0.6 is 0 Å². The summed E-state index contributed by atoms with van der Waals surface area (Å²) in [5, 5.41) is 21.7. The van der Waals surface area contributed by atoms with E-state index in [2.05, 4.69) is 65.9 Å². The average Bonchev–Trinajstić information content (AvgIpc) is 1.60. The standard InChI is InChI=1S/2C36H45N5O5/c1-24(2)19-27(20-33(42)38-22-34-37-17-18-45-34)39-36(43)29-21-30(41(40-29)28-15-13-25(3)14-16-28)35-31(44-4)11-8-12-32(35)46-23-26-9-6-5-7-10-26;1-25(2)19-28(20-33(42)38-22-34-37-17-18-45-34)39-36(43)29-21-30(41(40-29)23-26-11-6-4-7-12-26)35-31(44-3)15-10-16-32(35)46-24-27-13-8-5-9-14-27/h5-12,17-18,21,24-25,27-28H,13-16,19-20,22-23H2,1-4H3,(H,38,42)(H,39,43);5,8-10,13-18,21,25-26,28H,4,6-7,11-12,19-20,22-24H2,1-3H3,(H,38,42)(H,39,43)/t25?,27-,28?;28-/m00/s1. The molecule has 488 valence electrons. The van der Waals surface area contributed by atoms with Gasteiger partial charge in [-0.1, -0.05) is 127 Å². The van der Waals surface area contributed by atoms with E-state index in [1.807, 2.05) is 119 Å². The number of nitrogens with zero attached hydrogens (tertiary/aromatic N) is 6. The van der Waals surface area contributed by atoms with Gasteiger partial charge in [-0.2, -0.15) is 10.2 Å². The van der Waals surface area contributed by atoms with Crippen LogP contribution < -0.4 is 40.2 Å². The smallest absolute Gasteiger partial charge is 0.272 e. The molecule has 0 bridgehead atoms. The SMILES string of the molecule is COc1cccc(OCc2ccccc2)c1-c1cc(C(=O)N[C@H](CC(=O)NCc2ncco2)CC(C)C)nn1C1CCC(C)CC1.COc1cccc(OCc2ccccc2)c1-c1cc(C(=O)N[C@H](CC(=O)NCc2ncco2)CC(C)C)nn1CC1CCCCC1. The van der Waals surface area contributed by atoms with E-state index in [4.69, 9.17) is 38.0 Å². The van der Waals surface area contributed by atoms with Crippen LogP contribution in [-0.4, -0.2) is 79.5 Å². The van der Waals surface area contributed by atoms with Gasteiger partial charge in [0, 0.05) is 31.5 Å². The quantitative estimate of drug-likeness (QED) is 0.0341. The summed E-state index contributed by atoms with van der Waals surface area (Å²) in [6.07, 6.45) is 17.6. The van der Waals surface area contributed by atoms with Crippen LogP contribution in [0.25, 0.3) is 22.5 Å². The summed E-state index contributed by atoms with van der Waals surface area (Å²) in [5.41, 5.74) is 5.74. The zero-order valence-electron chi connectivity index (χ0n) is 54.2. The zero-order chi connectivity index (χ0) is 64.8. The van der Waals surface area contributed by atoms with Crippen molar-refractivity contribution in [2.75, 3.05) is 14.2 Å². The Labute approximate surface area is 540 Å². The van der Waals surface area contributed by atoms with Crippen molar-refractivity contribution in [1.29, 1.82) is 0 Å². The van der Waals surface area contributed by atoms with Crippen molar-refractivity contribution in [1.82, 2.24) is 50.8 Å². The number of hydrogen-bond donors (Lipinski definition) is 4. The predicted octanol–water partition coefficient (Wildman–Crippen LogP) is 13.3. The minimum Gasteiger partial charge on any atom is -0.496 e. The molecule has 20 nitrogen and oxygen atoms in total. The molecule has 4 aromatic heterocycles. The number of methoxy groups -OCH3 is 2. The first-order chi connectivity index (χ1) is 44.7. The number of hydrogen-bond acceptors (Lipinski definition) is 14. The number of carbonyl (C=O) groups is 4. The highest BCUT2D eigenvalue weighted by Crippen LogP contribution is 2.44. The number of ether oxygens (including phenoxy) is 4. The van der Waals surface area contributed by atoms with Gasteiger partial charge >= 0.3 is 0 Å². The maximum Gasteiger partial charge on any atom is 0.272 e. The molecule has 8 aromatic rings. The molecule has 2 aliphatic rings. The number of oxazole rings is 2. The van der Waals surface area contributed by atoms with E-state index in [1.54, 1.807) is 14.2 Å². The Kier molecular flexibility index (Phi) is 24.6. The number of benzene rings is 4. The van der Waals surface area contributed by atoms with Gasteiger partial charge in [0.05, 0.1) is 68.3 Å². The Hall–Kier alpha value is -9.20. The highest BCUT2D eigenvalue weighted by Gasteiger charge is 2.31. The summed E-state index contributed by atoms with van der Waals surface area (Å²) in [4.78, 5) is 61.4. The van der Waals surface area contributed by atoms with Gasteiger partial charge in [0.25, 0.3) is 11.8 Å². The minimum atomic E-state index is -0.378. The molecule has 4 aromatic carbocycles. The largest absolute Gasteiger partial charge is 0.496 e. The number of nitrogens with one attached hydrogen (secondary N) is 4. The molecule has 0 spiro atoms. The van der Waals surface area contributed by atoms with E-state index in [0.29, 0.717) is 90.6 Å². The normalized spacial score (nSPS) is 15.6. The summed E-state index contributed by atoms with van der Waals surface area (Å²) >= 11 is 0. The second-order valence-electron chi connectivity index (χ2n) is 25.0. The van der Waals surface area contributed by atoms with Crippen LogP contribution in [0.1, 0.15) is 168 Å². The fourth-order valence-electron chi connectivity index (χ4n) is 12.2. The molecule has 2 atom stereocenters. The van der Waals surface area contributed by atoms with Crippen molar-refractivity contribution >= 4 is 23.6 Å². The summed E-state index contributed by atoms with van der Waals surface area (Å²) in [6.45, 7) is 12.4. The van der Waals surface area contributed by atoms with E-state index in [-0.39, 0.29) is 79.5 Å². The molecule has 4 N–H and O–H groups in total. The Morgan fingerprint density at radius 1 is 0.565 bits per heavy atom. The Morgan fingerprint density at radius 2 is 1.03 bits per heavy atom. The molecule has 20 heteroatoms. The summed E-state index contributed by atoms with van der Waals surface area (Å²) in [6, 6.07) is 34.5. The molecule has 0 unspecified atom stereocenters. The van der Waals surface area contributed by atoms with Crippen LogP contribution in [0.15, 0.2) is 143 Å². The van der Waals surface area contributed by atoms with Crippen LogP contribution in [0, 0.1) is 23.7 Å². The summed E-state index contributed by atoms with van der Waals surface area (Å²) < 4.78 is 38.8. The molecule has 2 saturated carbocycles. The lowest BCUT2D eigenvalue weighted by molar-refractivity contribution is -0.122. The van der Waals surface area contributed by atoms with Crippen LogP contribution in [0.5, 0.6) is 23.0 Å². The van der Waals surface area contributed by atoms with E-state index < -0.39 is 0 Å². The van der Waals surface area contributed by atoms with Gasteiger partial charge in [0.2, 0.25) is 23.6 Å². The van der Waals surface area contributed by atoms with E-state index in [1.165, 1.54) is 44.2 Å². The van der Waals surface area contributed by atoms with Crippen LogP contribution in [0.3, 0.4) is 0 Å². The summed E-state index contributed by atoms with van der Waals surface area (Å²) in [5.74, 6) is 4.06. The van der Waals surface area contributed by atoms with Crippen LogP contribution in [-0.2, 0) is 42.4 Å². The molecule has 0 saturated heterocycles. The maximum atomic E-state index is 13.8. The molecule has 2 aliphatic carbocycles. The molecule has 0 aliphatic heterocycles. The molecule has 4 heterocycles. The van der Waals surface area contributed by atoms with Crippen LogP contribution in [0.2, 0.25) is 0 Å². The number of carbonyl (C=O) groups excluding carboxylic acids is 4. The molecule has 2 fully saturated rings. The van der Waals surface area contributed by atoms with Crippen molar-refractivity contribution in [3.8, 4) is 45.5 Å². The lowest BCUT2D eigenvalue weighted by Gasteiger charge is -2.28. The van der Waals surface area contributed by atoms with Crippen molar-refractivity contribution in [3.63, 3.8) is 0 Å². The lowest BCUT2D eigenvalue weighted by Crippen LogP contribution is -2.40. The van der Waals surface area contributed by atoms with E-state index >= 15 is 0 Å². The maximum absolute atomic E-state index is 13.8. The molecule has 10 rings (SSSR count). The van der Waals surface area contributed by atoms with E-state index in [9.17, 15) is 19.2 Å². The third kappa shape index (κ3) is 19.4. The molecule has 4 amide bonds. The molecule has 0 radical (unpaired) electrons. The third-order valence-corrected chi connectivity index (χ3v) is 16.8. The van der Waals surface area contributed by atoms with Gasteiger partial charge in [-0.15, -0.1) is 0 Å². The molecular weight excluding hydrogens is 1160 g/mol. The van der Waals surface area contributed by atoms with Crippen molar-refractivity contribution in [2.24, 2.45) is 23.7 Å². The second kappa shape index (κ2) is 33.7. The van der Waals surface area contributed by atoms with Gasteiger partial charge < -0.3 is 49.0 Å². The minimum absolute atomic E-state index is 0.128. The zero-order valence-corrected chi connectivity index (χ0v) is 54.2. The first-order valence-corrected chi connectivity index (χ1v) is 32.5. The fourth-order valence-corrected chi connectivity index (χ4v) is 12.2. The Bertz CT molecular complexity index is 3570. The first-order valence-electron chi connectivity index (χ1n) is 32.5. The first kappa shape index (κ1) is 67.2. The molecule has 92 heavy (non-hydrogen) atoms. The van der Waals surface area contributed by atoms with Crippen molar-refractivity contribution in [3.05, 3.63) is 168 Å².